The molecule has 0 radical (unpaired) electrons. The third kappa shape index (κ3) is 4.79. The lowest BCUT2D eigenvalue weighted by Gasteiger charge is -2.12. The average molecular weight is 276 g/mol. The molecule has 0 unspecified atom stereocenters. The summed E-state index contributed by atoms with van der Waals surface area (Å²) in [5, 5.41) is 0. The fraction of sp³-hybridized carbons (Fsp3) is 0.412. The van der Waals surface area contributed by atoms with E-state index in [2.05, 4.69) is 64.6 Å². The molecule has 0 aliphatic heterocycles. The Bertz CT molecular complexity index is 470. The Balaban J connectivity index is 3.12. The van der Waals surface area contributed by atoms with Gasteiger partial charge in [-0.3, -0.25) is 0 Å². The van der Waals surface area contributed by atoms with Crippen LogP contribution in [0.2, 0.25) is 0 Å². The van der Waals surface area contributed by atoms with Crippen molar-refractivity contribution >= 4 is 17.5 Å². The number of benzene rings is 1. The Morgan fingerprint density at radius 3 is 2.42 bits per heavy atom. The van der Waals surface area contributed by atoms with Gasteiger partial charge in [0, 0.05) is 10.5 Å². The minimum absolute atomic E-state index is 0.497. The molecule has 1 nitrogen and oxygen atoms in total. The Kier molecular flexibility index (Phi) is 6.23. The van der Waals surface area contributed by atoms with Gasteiger partial charge in [-0.05, 0) is 35.6 Å². The first kappa shape index (κ1) is 15.9. The first-order chi connectivity index (χ1) is 8.95. The SMILES string of the molecule is COc1ccc(C(C)C)cc1/C(S)=C/C=C/C(C)C. The molecule has 0 aliphatic carbocycles. The van der Waals surface area contributed by atoms with Crippen LogP contribution in [-0.4, -0.2) is 7.11 Å². The normalized spacial score (nSPS) is 12.7. The number of methoxy groups -OCH3 is 1. The van der Waals surface area contributed by atoms with Crippen LogP contribution in [0.15, 0.2) is 36.4 Å². The second-order valence-electron chi connectivity index (χ2n) is 5.30. The number of hydrogen-bond acceptors (Lipinski definition) is 2. The average Bonchev–Trinajstić information content (AvgIpc) is 2.37. The number of thiol groups is 1. The van der Waals surface area contributed by atoms with Crippen LogP contribution in [0, 0.1) is 5.92 Å². The molecule has 0 atom stereocenters. The van der Waals surface area contributed by atoms with Crippen molar-refractivity contribution in [1.29, 1.82) is 0 Å². The Labute approximate surface area is 122 Å². The number of hydrogen-bond donors (Lipinski definition) is 1. The van der Waals surface area contributed by atoms with Crippen molar-refractivity contribution in [2.24, 2.45) is 5.92 Å². The van der Waals surface area contributed by atoms with E-state index in [-0.39, 0.29) is 0 Å². The van der Waals surface area contributed by atoms with E-state index in [0.29, 0.717) is 11.8 Å². The summed E-state index contributed by atoms with van der Waals surface area (Å²) in [4.78, 5) is 0.927. The Morgan fingerprint density at radius 2 is 1.89 bits per heavy atom. The highest BCUT2D eigenvalue weighted by Gasteiger charge is 2.08. The summed E-state index contributed by atoms with van der Waals surface area (Å²) in [7, 11) is 1.69. The summed E-state index contributed by atoms with van der Waals surface area (Å²) in [6.07, 6.45) is 6.22. The van der Waals surface area contributed by atoms with Crippen molar-refractivity contribution in [2.45, 2.75) is 33.6 Å². The van der Waals surface area contributed by atoms with Gasteiger partial charge < -0.3 is 4.74 Å². The van der Waals surface area contributed by atoms with E-state index in [0.717, 1.165) is 16.2 Å². The van der Waals surface area contributed by atoms with Gasteiger partial charge in [0.2, 0.25) is 0 Å². The predicted octanol–water partition coefficient (Wildman–Crippen LogP) is 5.30. The van der Waals surface area contributed by atoms with Gasteiger partial charge in [0.15, 0.2) is 0 Å². The van der Waals surface area contributed by atoms with Crippen molar-refractivity contribution < 1.29 is 4.74 Å². The van der Waals surface area contributed by atoms with Crippen molar-refractivity contribution in [1.82, 2.24) is 0 Å². The summed E-state index contributed by atoms with van der Waals surface area (Å²) in [5.74, 6) is 1.90. The molecule has 1 aromatic rings. The smallest absolute Gasteiger partial charge is 0.127 e. The van der Waals surface area contributed by atoms with Gasteiger partial charge in [-0.1, -0.05) is 45.9 Å². The van der Waals surface area contributed by atoms with Crippen molar-refractivity contribution in [3.05, 3.63) is 47.6 Å². The zero-order valence-corrected chi connectivity index (χ0v) is 13.4. The molecular formula is C17H24OS. The minimum atomic E-state index is 0.497. The molecule has 0 N–H and O–H groups in total. The third-order valence-electron chi connectivity index (χ3n) is 2.92. The Morgan fingerprint density at radius 1 is 1.21 bits per heavy atom. The molecule has 2 heteroatoms. The van der Waals surface area contributed by atoms with Gasteiger partial charge in [0.1, 0.15) is 5.75 Å². The third-order valence-corrected chi connectivity index (χ3v) is 3.31. The van der Waals surface area contributed by atoms with Crippen molar-refractivity contribution in [3.8, 4) is 5.75 Å². The molecule has 0 saturated carbocycles. The first-order valence-corrected chi connectivity index (χ1v) is 7.16. The molecule has 1 aromatic carbocycles. The van der Waals surface area contributed by atoms with Crippen LogP contribution < -0.4 is 4.74 Å². The second-order valence-corrected chi connectivity index (χ2v) is 5.78. The van der Waals surface area contributed by atoms with Crippen LogP contribution in [0.25, 0.3) is 4.91 Å². The molecule has 0 bridgehead atoms. The van der Waals surface area contributed by atoms with Gasteiger partial charge in [0.05, 0.1) is 7.11 Å². The van der Waals surface area contributed by atoms with E-state index in [9.17, 15) is 0 Å². The van der Waals surface area contributed by atoms with Gasteiger partial charge >= 0.3 is 0 Å². The van der Waals surface area contributed by atoms with Crippen LogP contribution in [-0.2, 0) is 0 Å². The lowest BCUT2D eigenvalue weighted by molar-refractivity contribution is 0.413. The van der Waals surface area contributed by atoms with Crippen molar-refractivity contribution in [2.75, 3.05) is 7.11 Å². The second kappa shape index (κ2) is 7.44. The Hall–Kier alpha value is -1.15. The summed E-state index contributed by atoms with van der Waals surface area (Å²) < 4.78 is 5.41. The molecule has 0 saturated heterocycles. The molecule has 0 heterocycles. The molecule has 104 valence electrons. The van der Waals surface area contributed by atoms with Gasteiger partial charge in [0.25, 0.3) is 0 Å². The zero-order chi connectivity index (χ0) is 14.4. The highest BCUT2D eigenvalue weighted by Crippen LogP contribution is 2.31. The van der Waals surface area contributed by atoms with E-state index in [1.165, 1.54) is 5.56 Å². The molecule has 1 rings (SSSR count). The molecular weight excluding hydrogens is 252 g/mol. The van der Waals surface area contributed by atoms with E-state index >= 15 is 0 Å². The molecule has 0 aromatic heterocycles. The maximum atomic E-state index is 5.41. The van der Waals surface area contributed by atoms with Crippen LogP contribution in [0.3, 0.4) is 0 Å². The van der Waals surface area contributed by atoms with Gasteiger partial charge in [-0.2, -0.15) is 0 Å². The van der Waals surface area contributed by atoms with Crippen molar-refractivity contribution in [3.63, 3.8) is 0 Å². The maximum Gasteiger partial charge on any atom is 0.127 e. The number of ether oxygens (including phenoxy) is 1. The molecule has 19 heavy (non-hydrogen) atoms. The van der Waals surface area contributed by atoms with Crippen LogP contribution >= 0.6 is 12.6 Å². The minimum Gasteiger partial charge on any atom is -0.496 e. The van der Waals surface area contributed by atoms with Crippen LogP contribution in [0.4, 0.5) is 0 Å². The lowest BCUT2D eigenvalue weighted by Crippen LogP contribution is -1.93. The van der Waals surface area contributed by atoms with E-state index in [4.69, 9.17) is 4.74 Å². The molecule has 0 fully saturated rings. The fourth-order valence-electron chi connectivity index (χ4n) is 1.74. The van der Waals surface area contributed by atoms with Gasteiger partial charge in [-0.15, -0.1) is 12.6 Å². The summed E-state index contributed by atoms with van der Waals surface area (Å²) >= 11 is 4.59. The predicted molar refractivity (Wildman–Crippen MR) is 88.0 cm³/mol. The summed E-state index contributed by atoms with van der Waals surface area (Å²) in [6, 6.07) is 6.28. The van der Waals surface area contributed by atoms with Crippen LogP contribution in [0.1, 0.15) is 44.7 Å². The summed E-state index contributed by atoms with van der Waals surface area (Å²) in [6.45, 7) is 8.68. The quantitative estimate of drug-likeness (QED) is 0.567. The standard InChI is InChI=1S/C17H24OS/c1-12(2)7-6-8-17(19)15-11-14(13(3)4)9-10-16(15)18-5/h6-13,19H,1-5H3/b7-6+,17-8-. The maximum absolute atomic E-state index is 5.41. The van der Waals surface area contributed by atoms with Gasteiger partial charge in [-0.25, -0.2) is 0 Å². The number of rotatable bonds is 5. The number of allylic oxidation sites excluding steroid dienone is 3. The molecule has 0 amide bonds. The zero-order valence-electron chi connectivity index (χ0n) is 12.5. The lowest BCUT2D eigenvalue weighted by atomic mass is 10.00. The topological polar surface area (TPSA) is 9.23 Å². The highest BCUT2D eigenvalue weighted by molar-refractivity contribution is 7.90. The molecule has 0 spiro atoms. The van der Waals surface area contributed by atoms with E-state index < -0.39 is 0 Å². The van der Waals surface area contributed by atoms with E-state index in [1.54, 1.807) is 7.11 Å². The highest BCUT2D eigenvalue weighted by atomic mass is 32.1. The summed E-state index contributed by atoms with van der Waals surface area (Å²) in [5.41, 5.74) is 2.34. The van der Waals surface area contributed by atoms with E-state index in [1.807, 2.05) is 12.1 Å². The van der Waals surface area contributed by atoms with Crippen LogP contribution in [0.5, 0.6) is 5.75 Å². The largest absolute Gasteiger partial charge is 0.496 e. The fourth-order valence-corrected chi connectivity index (χ4v) is 2.00. The molecule has 0 aliphatic rings. The monoisotopic (exact) mass is 276 g/mol. The first-order valence-electron chi connectivity index (χ1n) is 6.71.